The van der Waals surface area contributed by atoms with Crippen molar-refractivity contribution in [2.45, 2.75) is 181 Å². The van der Waals surface area contributed by atoms with E-state index < -0.39 is 169 Å². The lowest BCUT2D eigenvalue weighted by Crippen LogP contribution is -2.62. The van der Waals surface area contributed by atoms with E-state index in [1.807, 2.05) is 0 Å². The van der Waals surface area contributed by atoms with Gasteiger partial charge in [0.1, 0.15) is 54.4 Å². The highest BCUT2D eigenvalue weighted by atomic mass is 16.4. The standard InChI is InChI=1S/C48H83N11O15/c1-11-26(9)38(56-35(62)21-49)45(70)51-28(15-16-36(63)64)47(72)59-17-13-14-33(59)43(68)57-37(25(7)8)44(69)52-30(19-24(5)6)41(66)55-32(22-60)42(67)58-39(27(10)12-2)46(71)53-29(18-23(3)4)40(65)54-31(48(73)74)20-34(50)61/h23-33,37-39,60H,11-22,49H2,1-10H3,(H2,50,61)(H,51,70)(H,52,69)(H,53,71)(H,54,65)(H,55,66)(H,56,62)(H,57,68)(H,58,67)(H,63,64)(H,73,74)/t26-,27-,28-,29-,30-,31-,32-,33-,37-,38-,39-/m0/s1. The zero-order valence-corrected chi connectivity index (χ0v) is 44.4. The lowest BCUT2D eigenvalue weighted by atomic mass is 9.96. The van der Waals surface area contributed by atoms with Crippen molar-refractivity contribution in [3.05, 3.63) is 0 Å². The summed E-state index contributed by atoms with van der Waals surface area (Å²) in [6.07, 6.45) is -0.279. The highest BCUT2D eigenvalue weighted by Gasteiger charge is 2.41. The number of carbonyl (C=O) groups excluding carboxylic acids is 10. The van der Waals surface area contributed by atoms with Crippen molar-refractivity contribution in [3.8, 4) is 0 Å². The second kappa shape index (κ2) is 32.0. The van der Waals surface area contributed by atoms with Crippen LogP contribution in [0.5, 0.6) is 0 Å². The third-order valence-corrected chi connectivity index (χ3v) is 12.7. The Kier molecular flexibility index (Phi) is 28.4. The minimum atomic E-state index is -1.68. The van der Waals surface area contributed by atoms with Crippen LogP contribution in [0.3, 0.4) is 0 Å². The highest BCUT2D eigenvalue weighted by Crippen LogP contribution is 2.22. The van der Waals surface area contributed by atoms with Crippen LogP contribution in [-0.4, -0.2) is 165 Å². The Hall–Kier alpha value is -6.44. The smallest absolute Gasteiger partial charge is 0.326 e. The summed E-state index contributed by atoms with van der Waals surface area (Å²) in [6.45, 7) is 15.8. The molecule has 420 valence electrons. The number of hydrogen-bond acceptors (Lipinski definition) is 14. The van der Waals surface area contributed by atoms with Crippen molar-refractivity contribution in [1.82, 2.24) is 47.4 Å². The lowest BCUT2D eigenvalue weighted by Gasteiger charge is -2.32. The number of aliphatic carboxylic acids is 2. The van der Waals surface area contributed by atoms with E-state index in [1.165, 1.54) is 4.90 Å². The van der Waals surface area contributed by atoms with E-state index >= 15 is 0 Å². The number of carbonyl (C=O) groups is 12. The summed E-state index contributed by atoms with van der Waals surface area (Å²) in [7, 11) is 0. The molecule has 0 aromatic rings. The zero-order chi connectivity index (χ0) is 56.7. The molecule has 1 heterocycles. The molecular formula is C48H83N11O15. The Labute approximate surface area is 432 Å². The minimum Gasteiger partial charge on any atom is -0.481 e. The molecule has 1 aliphatic heterocycles. The number of nitrogens with two attached hydrogens (primary N) is 2. The number of carboxylic acids is 2. The fourth-order valence-electron chi connectivity index (χ4n) is 8.03. The second-order valence-electron chi connectivity index (χ2n) is 20.1. The van der Waals surface area contributed by atoms with E-state index in [0.29, 0.717) is 19.3 Å². The molecule has 0 bridgehead atoms. The van der Waals surface area contributed by atoms with Crippen molar-refractivity contribution < 1.29 is 72.9 Å². The summed E-state index contributed by atoms with van der Waals surface area (Å²) >= 11 is 0. The first kappa shape index (κ1) is 65.6. The second-order valence-corrected chi connectivity index (χ2v) is 20.1. The molecule has 26 nitrogen and oxygen atoms in total. The number of hydrogen-bond donors (Lipinski definition) is 13. The molecule has 1 saturated heterocycles. The number of amides is 10. The summed E-state index contributed by atoms with van der Waals surface area (Å²) in [5.74, 6) is -13.2. The SMILES string of the molecule is CC[C@H](C)[C@H](NC(=O)CN)C(=O)N[C@@H](CCC(=O)O)C(=O)N1CCC[C@H]1C(=O)N[C@H](C(=O)N[C@@H](CC(C)C)C(=O)N[C@@H](CO)C(=O)N[C@H](C(=O)N[C@@H](CC(C)C)C(=O)N[C@@H](CC(N)=O)C(=O)O)[C@@H](C)CC)C(C)C. The highest BCUT2D eigenvalue weighted by molar-refractivity contribution is 5.99. The molecule has 0 aromatic carbocycles. The van der Waals surface area contributed by atoms with Crippen molar-refractivity contribution in [2.24, 2.45) is 41.1 Å². The first-order valence-corrected chi connectivity index (χ1v) is 25.3. The average molecular weight is 1050 g/mol. The molecule has 11 atom stereocenters. The van der Waals surface area contributed by atoms with E-state index in [1.54, 1.807) is 69.2 Å². The van der Waals surface area contributed by atoms with Crippen molar-refractivity contribution in [2.75, 3.05) is 19.7 Å². The molecule has 0 unspecified atom stereocenters. The van der Waals surface area contributed by atoms with Crippen molar-refractivity contribution in [1.29, 1.82) is 0 Å². The fraction of sp³-hybridized carbons (Fsp3) is 0.750. The predicted molar refractivity (Wildman–Crippen MR) is 267 cm³/mol. The first-order valence-electron chi connectivity index (χ1n) is 25.3. The molecule has 74 heavy (non-hydrogen) atoms. The third-order valence-electron chi connectivity index (χ3n) is 12.7. The van der Waals surface area contributed by atoms with Gasteiger partial charge in [0, 0.05) is 13.0 Å². The maximum atomic E-state index is 14.1. The monoisotopic (exact) mass is 1050 g/mol. The Morgan fingerprint density at radius 1 is 0.581 bits per heavy atom. The largest absolute Gasteiger partial charge is 0.481 e. The molecule has 15 N–H and O–H groups in total. The number of primary amides is 1. The van der Waals surface area contributed by atoms with Gasteiger partial charge in [-0.15, -0.1) is 0 Å². The van der Waals surface area contributed by atoms with Crippen LogP contribution in [0.25, 0.3) is 0 Å². The van der Waals surface area contributed by atoms with E-state index in [-0.39, 0.29) is 44.1 Å². The van der Waals surface area contributed by atoms with Crippen LogP contribution < -0.4 is 54.0 Å². The number of rotatable bonds is 33. The molecule has 0 aliphatic carbocycles. The molecule has 0 saturated carbocycles. The summed E-state index contributed by atoms with van der Waals surface area (Å²) in [5.41, 5.74) is 10.6. The van der Waals surface area contributed by atoms with Gasteiger partial charge in [0.25, 0.3) is 0 Å². The van der Waals surface area contributed by atoms with Gasteiger partial charge < -0.3 is 74.2 Å². The summed E-state index contributed by atoms with van der Waals surface area (Å²) in [4.78, 5) is 159. The Morgan fingerprint density at radius 2 is 1.03 bits per heavy atom. The van der Waals surface area contributed by atoms with Crippen LogP contribution in [0.2, 0.25) is 0 Å². The number of likely N-dealkylation sites (tertiary alicyclic amines) is 1. The Bertz CT molecular complexity index is 1990. The van der Waals surface area contributed by atoms with Gasteiger partial charge in [0.2, 0.25) is 59.1 Å². The molecule has 1 aliphatic rings. The average Bonchev–Trinajstić information content (AvgIpc) is 3.82. The van der Waals surface area contributed by atoms with Crippen molar-refractivity contribution in [3.63, 3.8) is 0 Å². The van der Waals surface area contributed by atoms with Crippen LogP contribution >= 0.6 is 0 Å². The van der Waals surface area contributed by atoms with Gasteiger partial charge in [-0.3, -0.25) is 52.7 Å². The van der Waals surface area contributed by atoms with Crippen LogP contribution in [0.4, 0.5) is 0 Å². The molecule has 0 spiro atoms. The van der Waals surface area contributed by atoms with E-state index in [9.17, 15) is 72.9 Å². The zero-order valence-electron chi connectivity index (χ0n) is 44.4. The quantitative estimate of drug-likeness (QED) is 0.0322. The van der Waals surface area contributed by atoms with Gasteiger partial charge in [-0.05, 0) is 61.7 Å². The lowest BCUT2D eigenvalue weighted by molar-refractivity contribution is -0.144. The third kappa shape index (κ3) is 21.6. The van der Waals surface area contributed by atoms with Gasteiger partial charge in [0.15, 0.2) is 0 Å². The van der Waals surface area contributed by atoms with Crippen LogP contribution in [0.1, 0.15) is 127 Å². The molecule has 0 radical (unpaired) electrons. The molecule has 10 amide bonds. The molecule has 1 rings (SSSR count). The Morgan fingerprint density at radius 3 is 1.45 bits per heavy atom. The Balaban J connectivity index is 3.35. The van der Waals surface area contributed by atoms with Gasteiger partial charge >= 0.3 is 11.9 Å². The number of carboxylic acid groups (broad SMARTS) is 2. The van der Waals surface area contributed by atoms with Gasteiger partial charge in [-0.2, -0.15) is 0 Å². The number of nitrogens with zero attached hydrogens (tertiary/aromatic N) is 1. The van der Waals surface area contributed by atoms with Crippen molar-refractivity contribution >= 4 is 71.0 Å². The van der Waals surface area contributed by atoms with E-state index in [0.717, 1.165) is 0 Å². The molecular weight excluding hydrogens is 971 g/mol. The maximum Gasteiger partial charge on any atom is 0.326 e. The van der Waals surface area contributed by atoms with Crippen LogP contribution in [0.15, 0.2) is 0 Å². The maximum absolute atomic E-state index is 14.1. The van der Waals surface area contributed by atoms with Gasteiger partial charge in [-0.25, -0.2) is 4.79 Å². The van der Waals surface area contributed by atoms with Crippen LogP contribution in [0, 0.1) is 29.6 Å². The summed E-state index contributed by atoms with van der Waals surface area (Å²) < 4.78 is 0. The number of aliphatic hydroxyl groups is 1. The summed E-state index contributed by atoms with van der Waals surface area (Å²) in [6, 6.07) is -12.3. The fourth-order valence-corrected chi connectivity index (χ4v) is 8.03. The number of aliphatic hydroxyl groups excluding tert-OH is 1. The molecule has 26 heteroatoms. The van der Waals surface area contributed by atoms with E-state index in [2.05, 4.69) is 42.5 Å². The predicted octanol–water partition coefficient (Wildman–Crippen LogP) is -2.53. The minimum absolute atomic E-state index is 0.0115. The van der Waals surface area contributed by atoms with Crippen LogP contribution in [-0.2, 0) is 57.5 Å². The number of nitrogens with one attached hydrogen (secondary N) is 8. The normalized spacial score (nSPS) is 17.4. The van der Waals surface area contributed by atoms with E-state index in [4.69, 9.17) is 11.5 Å². The van der Waals surface area contributed by atoms with Gasteiger partial charge in [0.05, 0.1) is 19.6 Å². The van der Waals surface area contributed by atoms with Gasteiger partial charge in [-0.1, -0.05) is 82.1 Å². The summed E-state index contributed by atoms with van der Waals surface area (Å²) in [5, 5.41) is 49.5. The first-order chi connectivity index (χ1) is 34.5. The topological polar surface area (TPSA) is 417 Å². The molecule has 1 fully saturated rings. The molecule has 0 aromatic heterocycles.